The van der Waals surface area contributed by atoms with E-state index in [-0.39, 0.29) is 12.1 Å². The van der Waals surface area contributed by atoms with E-state index in [1.807, 2.05) is 49.1 Å². The number of piperazine rings is 1. The fraction of sp³-hybridized carbons (Fsp3) is 0.409. The quantitative estimate of drug-likeness (QED) is 0.874. The average molecular weight is 367 g/mol. The van der Waals surface area contributed by atoms with Gasteiger partial charge in [0, 0.05) is 32.7 Å². The zero-order valence-electron chi connectivity index (χ0n) is 16.4. The summed E-state index contributed by atoms with van der Waals surface area (Å²) < 4.78 is 5.94. The molecule has 0 aromatic heterocycles. The first-order valence-electron chi connectivity index (χ1n) is 9.62. The lowest BCUT2D eigenvalue weighted by molar-refractivity contribution is 0.193. The highest BCUT2D eigenvalue weighted by Crippen LogP contribution is 2.29. The number of amides is 2. The standard InChI is InChI=1S/C22H29N3O2/c1-17(2)27-21-10-5-4-9-20(21)24-11-13-25(14-12-24)22(26)23-16-19-8-6-7-18(3)15-19/h4-10,15,17H,11-14,16H2,1-3H3,(H,23,26). The van der Waals surface area contributed by atoms with Crippen molar-refractivity contribution in [3.63, 3.8) is 0 Å². The number of hydrogen-bond donors (Lipinski definition) is 1. The number of carbonyl (C=O) groups excluding carboxylic acids is 1. The lowest BCUT2D eigenvalue weighted by atomic mass is 10.1. The lowest BCUT2D eigenvalue weighted by Gasteiger charge is -2.36. The highest BCUT2D eigenvalue weighted by atomic mass is 16.5. The van der Waals surface area contributed by atoms with Crippen molar-refractivity contribution in [3.05, 3.63) is 59.7 Å². The fourth-order valence-electron chi connectivity index (χ4n) is 3.33. The maximum absolute atomic E-state index is 12.5. The van der Waals surface area contributed by atoms with Gasteiger partial charge in [0.05, 0.1) is 11.8 Å². The largest absolute Gasteiger partial charge is 0.489 e. The number of anilines is 1. The first-order chi connectivity index (χ1) is 13.0. The van der Waals surface area contributed by atoms with Gasteiger partial charge in [0.2, 0.25) is 0 Å². The first kappa shape index (κ1) is 19.1. The van der Waals surface area contributed by atoms with Gasteiger partial charge >= 0.3 is 6.03 Å². The predicted molar refractivity (Wildman–Crippen MR) is 109 cm³/mol. The summed E-state index contributed by atoms with van der Waals surface area (Å²) in [5.41, 5.74) is 3.44. The Morgan fingerprint density at radius 2 is 1.81 bits per heavy atom. The molecule has 3 rings (SSSR count). The molecular formula is C22H29N3O2. The molecule has 2 aromatic rings. The van der Waals surface area contributed by atoms with Gasteiger partial charge in [-0.3, -0.25) is 0 Å². The van der Waals surface area contributed by atoms with Gasteiger partial charge in [-0.2, -0.15) is 0 Å². The molecule has 1 heterocycles. The van der Waals surface area contributed by atoms with Crippen LogP contribution in [0, 0.1) is 6.92 Å². The lowest BCUT2D eigenvalue weighted by Crippen LogP contribution is -2.51. The second-order valence-corrected chi connectivity index (χ2v) is 7.26. The number of urea groups is 1. The summed E-state index contributed by atoms with van der Waals surface area (Å²) in [5.74, 6) is 0.907. The molecule has 0 aliphatic carbocycles. The van der Waals surface area contributed by atoms with Crippen molar-refractivity contribution in [2.75, 3.05) is 31.1 Å². The zero-order valence-corrected chi connectivity index (χ0v) is 16.4. The van der Waals surface area contributed by atoms with E-state index < -0.39 is 0 Å². The van der Waals surface area contributed by atoms with E-state index in [9.17, 15) is 4.79 Å². The van der Waals surface area contributed by atoms with Crippen LogP contribution in [-0.2, 0) is 6.54 Å². The molecule has 5 heteroatoms. The number of ether oxygens (including phenoxy) is 1. The van der Waals surface area contributed by atoms with E-state index in [1.165, 1.54) is 5.56 Å². The topological polar surface area (TPSA) is 44.8 Å². The maximum Gasteiger partial charge on any atom is 0.317 e. The molecule has 27 heavy (non-hydrogen) atoms. The normalized spacial score (nSPS) is 14.4. The Bertz CT molecular complexity index is 768. The van der Waals surface area contributed by atoms with Gasteiger partial charge < -0.3 is 19.9 Å². The van der Waals surface area contributed by atoms with Crippen molar-refractivity contribution in [3.8, 4) is 5.75 Å². The van der Waals surface area contributed by atoms with Gasteiger partial charge in [0.25, 0.3) is 0 Å². The molecule has 2 amide bonds. The second kappa shape index (κ2) is 8.80. The zero-order chi connectivity index (χ0) is 19.2. The number of rotatable bonds is 5. The number of aryl methyl sites for hydroxylation is 1. The van der Waals surface area contributed by atoms with Crippen molar-refractivity contribution in [1.82, 2.24) is 10.2 Å². The monoisotopic (exact) mass is 367 g/mol. The summed E-state index contributed by atoms with van der Waals surface area (Å²) in [6.45, 7) is 9.70. The highest BCUT2D eigenvalue weighted by Gasteiger charge is 2.23. The molecule has 0 unspecified atom stereocenters. The molecule has 0 radical (unpaired) electrons. The first-order valence-corrected chi connectivity index (χ1v) is 9.62. The molecule has 5 nitrogen and oxygen atoms in total. The molecule has 1 fully saturated rings. The Morgan fingerprint density at radius 3 is 2.52 bits per heavy atom. The summed E-state index contributed by atoms with van der Waals surface area (Å²) in [5, 5.41) is 3.03. The van der Waals surface area contributed by atoms with Crippen molar-refractivity contribution < 1.29 is 9.53 Å². The smallest absolute Gasteiger partial charge is 0.317 e. The van der Waals surface area contributed by atoms with Crippen molar-refractivity contribution >= 4 is 11.7 Å². The summed E-state index contributed by atoms with van der Waals surface area (Å²) in [6.07, 6.45) is 0.139. The van der Waals surface area contributed by atoms with Gasteiger partial charge in [-0.1, -0.05) is 42.0 Å². The van der Waals surface area contributed by atoms with Crippen LogP contribution in [0.5, 0.6) is 5.75 Å². The summed E-state index contributed by atoms with van der Waals surface area (Å²) in [4.78, 5) is 16.7. The summed E-state index contributed by atoms with van der Waals surface area (Å²) in [7, 11) is 0. The molecule has 144 valence electrons. The SMILES string of the molecule is Cc1cccc(CNC(=O)N2CCN(c3ccccc3OC(C)C)CC2)c1. The minimum atomic E-state index is 0.00266. The van der Waals surface area contributed by atoms with Crippen LogP contribution in [-0.4, -0.2) is 43.2 Å². The number of nitrogens with one attached hydrogen (secondary N) is 1. The number of hydrogen-bond acceptors (Lipinski definition) is 3. The molecule has 2 aromatic carbocycles. The van der Waals surface area contributed by atoms with Crippen LogP contribution in [0.3, 0.4) is 0 Å². The number of nitrogens with zero attached hydrogens (tertiary/aromatic N) is 2. The molecule has 0 saturated carbocycles. The Kier molecular flexibility index (Phi) is 6.22. The molecule has 1 aliphatic rings. The Morgan fingerprint density at radius 1 is 1.07 bits per heavy atom. The third-order valence-electron chi connectivity index (χ3n) is 4.66. The fourth-order valence-corrected chi connectivity index (χ4v) is 3.33. The molecule has 1 aliphatic heterocycles. The van der Waals surface area contributed by atoms with E-state index in [1.54, 1.807) is 0 Å². The number of carbonyl (C=O) groups is 1. The highest BCUT2D eigenvalue weighted by molar-refractivity contribution is 5.74. The Balaban J connectivity index is 1.53. The molecule has 0 atom stereocenters. The third kappa shape index (κ3) is 5.16. The van der Waals surface area contributed by atoms with Crippen LogP contribution in [0.4, 0.5) is 10.5 Å². The third-order valence-corrected chi connectivity index (χ3v) is 4.66. The maximum atomic E-state index is 12.5. The number of benzene rings is 2. The summed E-state index contributed by atoms with van der Waals surface area (Å²) in [6, 6.07) is 16.3. The molecule has 1 saturated heterocycles. The Hall–Kier alpha value is -2.69. The minimum Gasteiger partial charge on any atom is -0.489 e. The number of para-hydroxylation sites is 2. The van der Waals surface area contributed by atoms with E-state index >= 15 is 0 Å². The second-order valence-electron chi connectivity index (χ2n) is 7.26. The van der Waals surface area contributed by atoms with E-state index in [0.717, 1.165) is 30.1 Å². The average Bonchev–Trinajstić information content (AvgIpc) is 2.66. The van der Waals surface area contributed by atoms with E-state index in [4.69, 9.17) is 4.74 Å². The van der Waals surface area contributed by atoms with Crippen LogP contribution < -0.4 is 15.0 Å². The van der Waals surface area contributed by atoms with Crippen molar-refractivity contribution in [2.45, 2.75) is 33.4 Å². The van der Waals surface area contributed by atoms with Gasteiger partial charge in [-0.05, 0) is 38.5 Å². The molecular weight excluding hydrogens is 338 g/mol. The van der Waals surface area contributed by atoms with Crippen molar-refractivity contribution in [1.29, 1.82) is 0 Å². The van der Waals surface area contributed by atoms with Gasteiger partial charge in [-0.25, -0.2) is 4.79 Å². The summed E-state index contributed by atoms with van der Waals surface area (Å²) >= 11 is 0. The molecule has 0 bridgehead atoms. The van der Waals surface area contributed by atoms with Crippen LogP contribution in [0.1, 0.15) is 25.0 Å². The van der Waals surface area contributed by atoms with Crippen LogP contribution in [0.15, 0.2) is 48.5 Å². The Labute approximate surface area is 161 Å². The van der Waals surface area contributed by atoms with Gasteiger partial charge in [0.15, 0.2) is 0 Å². The van der Waals surface area contributed by atoms with Crippen LogP contribution in [0.2, 0.25) is 0 Å². The minimum absolute atomic E-state index is 0.00266. The van der Waals surface area contributed by atoms with Crippen molar-refractivity contribution in [2.24, 2.45) is 0 Å². The van der Waals surface area contributed by atoms with Gasteiger partial charge in [0.1, 0.15) is 5.75 Å². The van der Waals surface area contributed by atoms with Crippen LogP contribution >= 0.6 is 0 Å². The molecule has 0 spiro atoms. The predicted octanol–water partition coefficient (Wildman–Crippen LogP) is 3.81. The van der Waals surface area contributed by atoms with Gasteiger partial charge in [-0.15, -0.1) is 0 Å². The van der Waals surface area contributed by atoms with E-state index in [2.05, 4.69) is 35.3 Å². The van der Waals surface area contributed by atoms with Crippen LogP contribution in [0.25, 0.3) is 0 Å². The molecule has 1 N–H and O–H groups in total. The van der Waals surface area contributed by atoms with E-state index in [0.29, 0.717) is 19.6 Å².